The summed E-state index contributed by atoms with van der Waals surface area (Å²) < 4.78 is 4.63. The van der Waals surface area contributed by atoms with Crippen molar-refractivity contribution in [2.75, 3.05) is 12.8 Å². The lowest BCUT2D eigenvalue weighted by atomic mass is 10.1. The number of nitrogens with two attached hydrogens (primary N) is 1. The second-order valence-corrected chi connectivity index (χ2v) is 5.17. The summed E-state index contributed by atoms with van der Waals surface area (Å²) in [6, 6.07) is 11.8. The normalized spacial score (nSPS) is 9.57. The number of carbonyl (C=O) groups excluding carboxylic acids is 1. The SMILES string of the molecule is COC(=O)c1cc(C)ccc1C.Cc1ccc(C)c(N)c1. The molecule has 0 bridgehead atoms. The molecule has 2 aromatic rings. The highest BCUT2D eigenvalue weighted by molar-refractivity contribution is 5.91. The molecule has 0 saturated heterocycles. The molecule has 0 heterocycles. The van der Waals surface area contributed by atoms with Gasteiger partial charge in [-0.15, -0.1) is 0 Å². The van der Waals surface area contributed by atoms with E-state index >= 15 is 0 Å². The first-order valence-electron chi connectivity index (χ1n) is 6.83. The number of hydrogen-bond donors (Lipinski definition) is 1. The van der Waals surface area contributed by atoms with Crippen LogP contribution in [0, 0.1) is 27.7 Å². The zero-order chi connectivity index (χ0) is 16.0. The van der Waals surface area contributed by atoms with Crippen molar-refractivity contribution < 1.29 is 9.53 Å². The zero-order valence-electron chi connectivity index (χ0n) is 13.4. The number of aryl methyl sites for hydroxylation is 4. The van der Waals surface area contributed by atoms with Crippen molar-refractivity contribution in [3.05, 3.63) is 64.2 Å². The van der Waals surface area contributed by atoms with E-state index < -0.39 is 0 Å². The maximum Gasteiger partial charge on any atom is 0.338 e. The number of esters is 1. The molecule has 2 rings (SSSR count). The van der Waals surface area contributed by atoms with E-state index in [4.69, 9.17) is 5.73 Å². The number of nitrogen functional groups attached to an aromatic ring is 1. The van der Waals surface area contributed by atoms with Crippen LogP contribution in [0.1, 0.15) is 32.6 Å². The summed E-state index contributed by atoms with van der Waals surface area (Å²) in [6.45, 7) is 7.89. The fourth-order valence-electron chi connectivity index (χ4n) is 1.83. The van der Waals surface area contributed by atoms with E-state index in [-0.39, 0.29) is 5.97 Å². The summed E-state index contributed by atoms with van der Waals surface area (Å²) >= 11 is 0. The van der Waals surface area contributed by atoms with Gasteiger partial charge in [0, 0.05) is 5.69 Å². The highest BCUT2D eigenvalue weighted by atomic mass is 16.5. The Hall–Kier alpha value is -2.29. The molecular formula is C18H23NO2. The maximum atomic E-state index is 11.2. The minimum atomic E-state index is -0.267. The van der Waals surface area contributed by atoms with Crippen LogP contribution in [0.25, 0.3) is 0 Å². The largest absolute Gasteiger partial charge is 0.465 e. The Morgan fingerprint density at radius 2 is 1.43 bits per heavy atom. The van der Waals surface area contributed by atoms with Crippen LogP contribution in [0.3, 0.4) is 0 Å². The van der Waals surface area contributed by atoms with Crippen molar-refractivity contribution in [2.45, 2.75) is 27.7 Å². The van der Waals surface area contributed by atoms with Crippen LogP contribution in [0.4, 0.5) is 5.69 Å². The molecule has 3 heteroatoms. The van der Waals surface area contributed by atoms with Gasteiger partial charge in [0.25, 0.3) is 0 Å². The van der Waals surface area contributed by atoms with E-state index in [1.165, 1.54) is 12.7 Å². The maximum absolute atomic E-state index is 11.2. The molecule has 0 amide bonds. The highest BCUT2D eigenvalue weighted by Gasteiger charge is 2.07. The third-order valence-electron chi connectivity index (χ3n) is 3.23. The molecule has 2 aromatic carbocycles. The molecule has 2 N–H and O–H groups in total. The van der Waals surface area contributed by atoms with E-state index in [9.17, 15) is 4.79 Å². The van der Waals surface area contributed by atoms with Crippen LogP contribution in [0.2, 0.25) is 0 Å². The third-order valence-corrected chi connectivity index (χ3v) is 3.23. The van der Waals surface area contributed by atoms with Crippen molar-refractivity contribution in [3.8, 4) is 0 Å². The van der Waals surface area contributed by atoms with Gasteiger partial charge in [0.15, 0.2) is 0 Å². The first-order valence-corrected chi connectivity index (χ1v) is 6.83. The van der Waals surface area contributed by atoms with Crippen LogP contribution >= 0.6 is 0 Å². The van der Waals surface area contributed by atoms with Crippen molar-refractivity contribution >= 4 is 11.7 Å². The molecular weight excluding hydrogens is 262 g/mol. The minimum Gasteiger partial charge on any atom is -0.465 e. The fourth-order valence-corrected chi connectivity index (χ4v) is 1.83. The van der Waals surface area contributed by atoms with Gasteiger partial charge in [0.1, 0.15) is 0 Å². The molecule has 0 saturated carbocycles. The van der Waals surface area contributed by atoms with E-state index in [0.29, 0.717) is 5.56 Å². The third kappa shape index (κ3) is 4.95. The average Bonchev–Trinajstić information content (AvgIpc) is 2.45. The number of anilines is 1. The molecule has 0 aliphatic carbocycles. The second-order valence-electron chi connectivity index (χ2n) is 5.17. The van der Waals surface area contributed by atoms with Crippen molar-refractivity contribution in [1.82, 2.24) is 0 Å². The summed E-state index contributed by atoms with van der Waals surface area (Å²) in [6.07, 6.45) is 0. The van der Waals surface area contributed by atoms with Crippen LogP contribution in [0.15, 0.2) is 36.4 Å². The van der Waals surface area contributed by atoms with Crippen LogP contribution in [-0.2, 0) is 4.74 Å². The molecule has 0 spiro atoms. The lowest BCUT2D eigenvalue weighted by molar-refractivity contribution is 0.0600. The summed E-state index contributed by atoms with van der Waals surface area (Å²) in [5.41, 5.74) is 11.6. The summed E-state index contributed by atoms with van der Waals surface area (Å²) in [5.74, 6) is -0.267. The summed E-state index contributed by atoms with van der Waals surface area (Å²) in [4.78, 5) is 11.2. The topological polar surface area (TPSA) is 52.3 Å². The number of carbonyl (C=O) groups is 1. The number of ether oxygens (including phenoxy) is 1. The Bertz CT molecular complexity index is 633. The number of methoxy groups -OCH3 is 1. The predicted molar refractivity (Wildman–Crippen MR) is 87.6 cm³/mol. The van der Waals surface area contributed by atoms with E-state index in [1.807, 2.05) is 58.0 Å². The van der Waals surface area contributed by atoms with Gasteiger partial charge in [-0.25, -0.2) is 4.79 Å². The molecule has 0 atom stereocenters. The smallest absolute Gasteiger partial charge is 0.338 e. The standard InChI is InChI=1S/C10H12O2.C8H11N/c1-7-4-5-8(2)9(6-7)10(11)12-3;1-6-3-4-7(2)8(9)5-6/h4-6H,1-3H3;3-5H,9H2,1-2H3. The van der Waals surface area contributed by atoms with E-state index in [0.717, 1.165) is 22.4 Å². The molecule has 0 aromatic heterocycles. The van der Waals surface area contributed by atoms with Gasteiger partial charge in [-0.3, -0.25) is 0 Å². The molecule has 0 fully saturated rings. The van der Waals surface area contributed by atoms with Gasteiger partial charge >= 0.3 is 5.97 Å². The van der Waals surface area contributed by atoms with Crippen LogP contribution in [0.5, 0.6) is 0 Å². The lowest BCUT2D eigenvalue weighted by Gasteiger charge is -2.03. The van der Waals surface area contributed by atoms with Gasteiger partial charge in [-0.2, -0.15) is 0 Å². The van der Waals surface area contributed by atoms with Gasteiger partial charge in [0.2, 0.25) is 0 Å². The zero-order valence-corrected chi connectivity index (χ0v) is 13.4. The summed E-state index contributed by atoms with van der Waals surface area (Å²) in [7, 11) is 1.39. The Labute approximate surface area is 126 Å². The predicted octanol–water partition coefficient (Wildman–Crippen LogP) is 3.98. The first-order chi connectivity index (χ1) is 9.85. The van der Waals surface area contributed by atoms with Crippen LogP contribution in [-0.4, -0.2) is 13.1 Å². The fraction of sp³-hybridized carbons (Fsp3) is 0.278. The van der Waals surface area contributed by atoms with Crippen molar-refractivity contribution in [3.63, 3.8) is 0 Å². The quantitative estimate of drug-likeness (QED) is 0.637. The van der Waals surface area contributed by atoms with E-state index in [1.54, 1.807) is 0 Å². The molecule has 21 heavy (non-hydrogen) atoms. The van der Waals surface area contributed by atoms with Gasteiger partial charge < -0.3 is 10.5 Å². The molecule has 112 valence electrons. The molecule has 0 aliphatic heterocycles. The van der Waals surface area contributed by atoms with E-state index in [2.05, 4.69) is 10.8 Å². The Balaban J connectivity index is 0.000000219. The van der Waals surface area contributed by atoms with Gasteiger partial charge in [0.05, 0.1) is 12.7 Å². The molecule has 3 nitrogen and oxygen atoms in total. The minimum absolute atomic E-state index is 0.267. The second kappa shape index (κ2) is 7.48. The molecule has 0 aliphatic rings. The lowest BCUT2D eigenvalue weighted by Crippen LogP contribution is -2.03. The Kier molecular flexibility index (Phi) is 5.97. The Morgan fingerprint density at radius 3 is 1.90 bits per heavy atom. The number of hydrogen-bond acceptors (Lipinski definition) is 3. The van der Waals surface area contributed by atoms with Gasteiger partial charge in [-0.05, 0) is 56.5 Å². The number of rotatable bonds is 1. The van der Waals surface area contributed by atoms with Crippen LogP contribution < -0.4 is 5.73 Å². The van der Waals surface area contributed by atoms with Crippen molar-refractivity contribution in [2.24, 2.45) is 0 Å². The summed E-state index contributed by atoms with van der Waals surface area (Å²) in [5, 5.41) is 0. The monoisotopic (exact) mass is 285 g/mol. The molecule has 0 unspecified atom stereocenters. The first kappa shape index (κ1) is 16.8. The number of benzene rings is 2. The average molecular weight is 285 g/mol. The highest BCUT2D eigenvalue weighted by Crippen LogP contribution is 2.11. The van der Waals surface area contributed by atoms with Gasteiger partial charge in [-0.1, -0.05) is 29.8 Å². The molecule has 0 radical (unpaired) electrons. The van der Waals surface area contributed by atoms with Crippen molar-refractivity contribution in [1.29, 1.82) is 0 Å². The Morgan fingerprint density at radius 1 is 0.905 bits per heavy atom.